The van der Waals surface area contributed by atoms with E-state index in [9.17, 15) is 43.2 Å². The fraction of sp³-hybridized carbons (Fsp3) is 0.948. The zero-order valence-corrected chi connectivity index (χ0v) is 64.5. The van der Waals surface area contributed by atoms with E-state index < -0.39 is 97.5 Å². The molecule has 96 heavy (non-hydrogen) atoms. The predicted octanol–water partition coefficient (Wildman–Crippen LogP) is 22.7. The van der Waals surface area contributed by atoms with Gasteiger partial charge in [0.1, 0.15) is 19.3 Å². The average molecular weight is 1410 g/mol. The first-order valence-corrected chi connectivity index (χ1v) is 43.0. The van der Waals surface area contributed by atoms with Crippen molar-refractivity contribution < 1.29 is 80.2 Å². The van der Waals surface area contributed by atoms with Crippen molar-refractivity contribution in [3.63, 3.8) is 0 Å². The first-order chi connectivity index (χ1) is 46.4. The second kappa shape index (κ2) is 68.8. The number of hydrogen-bond acceptors (Lipinski definition) is 15. The van der Waals surface area contributed by atoms with Crippen molar-refractivity contribution in [3.8, 4) is 0 Å². The van der Waals surface area contributed by atoms with Crippen LogP contribution in [-0.2, 0) is 65.4 Å². The molecule has 17 nitrogen and oxygen atoms in total. The molecule has 0 aliphatic carbocycles. The van der Waals surface area contributed by atoms with Gasteiger partial charge >= 0.3 is 39.5 Å². The Morgan fingerprint density at radius 3 is 0.708 bits per heavy atom. The summed E-state index contributed by atoms with van der Waals surface area (Å²) >= 11 is 0. The van der Waals surface area contributed by atoms with Gasteiger partial charge in [-0.1, -0.05) is 350 Å². The summed E-state index contributed by atoms with van der Waals surface area (Å²) < 4.78 is 68.6. The highest BCUT2D eigenvalue weighted by Gasteiger charge is 2.30. The third-order valence-corrected chi connectivity index (χ3v) is 19.9. The fourth-order valence-corrected chi connectivity index (χ4v) is 13.4. The highest BCUT2D eigenvalue weighted by atomic mass is 31.2. The minimum atomic E-state index is -4.96. The molecule has 0 heterocycles. The summed E-state index contributed by atoms with van der Waals surface area (Å²) in [5.41, 5.74) is 0. The number of phosphoric acid groups is 2. The summed E-state index contributed by atoms with van der Waals surface area (Å²) in [5, 5.41) is 10.6. The summed E-state index contributed by atoms with van der Waals surface area (Å²) in [6.45, 7) is 9.58. The monoisotopic (exact) mass is 1410 g/mol. The molecule has 0 spiro atoms. The Bertz CT molecular complexity index is 1860. The van der Waals surface area contributed by atoms with Gasteiger partial charge in [-0.05, 0) is 37.5 Å². The molecule has 0 saturated carbocycles. The summed E-state index contributed by atoms with van der Waals surface area (Å²) in [7, 11) is -9.91. The minimum Gasteiger partial charge on any atom is -0.462 e. The highest BCUT2D eigenvalue weighted by molar-refractivity contribution is 7.47. The van der Waals surface area contributed by atoms with E-state index in [2.05, 4.69) is 41.5 Å². The Kier molecular flexibility index (Phi) is 67.4. The molecule has 0 rings (SSSR count). The molecule has 3 N–H and O–H groups in total. The zero-order valence-electron chi connectivity index (χ0n) is 62.7. The number of esters is 4. The van der Waals surface area contributed by atoms with Gasteiger partial charge in [0.15, 0.2) is 12.2 Å². The van der Waals surface area contributed by atoms with Gasteiger partial charge in [0.2, 0.25) is 0 Å². The quantitative estimate of drug-likeness (QED) is 0.0222. The van der Waals surface area contributed by atoms with Crippen LogP contribution in [0.2, 0.25) is 0 Å². The Morgan fingerprint density at radius 1 is 0.281 bits per heavy atom. The molecule has 0 fully saturated rings. The molecule has 570 valence electrons. The largest absolute Gasteiger partial charge is 0.472 e. The van der Waals surface area contributed by atoms with E-state index in [4.69, 9.17) is 37.0 Å². The maximum atomic E-state index is 13.1. The molecule has 19 heteroatoms. The SMILES string of the molecule is CCCCCCCCCCCCCCCCCCC(=O)O[C@H](COC(=O)CCCCCCCCCCCCCCCCC)COP(=O)(O)OC[C@@H](O)COP(=O)(O)OC[C@@H](COC(=O)CCCCCCCCCCCC(C)C)OC(=O)CCCCCCCCCCCCC(C)C. The topological polar surface area (TPSA) is 237 Å². The maximum absolute atomic E-state index is 13.1. The van der Waals surface area contributed by atoms with Gasteiger partial charge in [0, 0.05) is 25.7 Å². The van der Waals surface area contributed by atoms with Crippen LogP contribution in [0.3, 0.4) is 0 Å². The molecule has 0 aliphatic heterocycles. The van der Waals surface area contributed by atoms with Crippen molar-refractivity contribution in [2.75, 3.05) is 39.6 Å². The number of ether oxygens (including phenoxy) is 4. The highest BCUT2D eigenvalue weighted by Crippen LogP contribution is 2.45. The number of aliphatic hydroxyl groups excluding tert-OH is 1. The minimum absolute atomic E-state index is 0.106. The molecular formula is C77H150O17P2. The number of carbonyl (C=O) groups is 4. The van der Waals surface area contributed by atoms with Crippen molar-refractivity contribution in [2.45, 2.75) is 419 Å². The smallest absolute Gasteiger partial charge is 0.462 e. The van der Waals surface area contributed by atoms with Gasteiger partial charge in [-0.25, -0.2) is 9.13 Å². The van der Waals surface area contributed by atoms with E-state index in [1.807, 2.05) is 0 Å². The lowest BCUT2D eigenvalue weighted by Crippen LogP contribution is -2.30. The summed E-state index contributed by atoms with van der Waals surface area (Å²) in [6, 6.07) is 0. The van der Waals surface area contributed by atoms with Crippen LogP contribution in [0.15, 0.2) is 0 Å². The van der Waals surface area contributed by atoms with Gasteiger partial charge in [0.25, 0.3) is 0 Å². The average Bonchev–Trinajstić information content (AvgIpc) is 1.35. The van der Waals surface area contributed by atoms with Gasteiger partial charge in [-0.15, -0.1) is 0 Å². The van der Waals surface area contributed by atoms with Crippen molar-refractivity contribution in [2.24, 2.45) is 11.8 Å². The first kappa shape index (κ1) is 94.1. The number of unbranched alkanes of at least 4 members (excludes halogenated alkanes) is 46. The van der Waals surface area contributed by atoms with Crippen molar-refractivity contribution >= 4 is 39.5 Å². The molecule has 0 saturated heterocycles. The van der Waals surface area contributed by atoms with Crippen LogP contribution in [0.4, 0.5) is 0 Å². The lowest BCUT2D eigenvalue weighted by molar-refractivity contribution is -0.161. The van der Waals surface area contributed by atoms with Crippen LogP contribution in [0.5, 0.6) is 0 Å². The Hall–Kier alpha value is -1.94. The molecule has 0 aromatic carbocycles. The fourth-order valence-electron chi connectivity index (χ4n) is 11.8. The molecule has 5 atom stereocenters. The van der Waals surface area contributed by atoms with E-state index in [0.29, 0.717) is 25.7 Å². The molecule has 0 aliphatic rings. The van der Waals surface area contributed by atoms with Crippen LogP contribution in [0.1, 0.15) is 401 Å². The van der Waals surface area contributed by atoms with Crippen molar-refractivity contribution in [1.82, 2.24) is 0 Å². The lowest BCUT2D eigenvalue weighted by atomic mass is 10.0. The molecule has 0 radical (unpaired) electrons. The summed E-state index contributed by atoms with van der Waals surface area (Å²) in [6.07, 6.45) is 56.8. The normalized spacial score (nSPS) is 14.0. The van der Waals surface area contributed by atoms with E-state index in [-0.39, 0.29) is 25.7 Å². The van der Waals surface area contributed by atoms with E-state index in [1.165, 1.54) is 218 Å². The Balaban J connectivity index is 5.26. The van der Waals surface area contributed by atoms with Crippen LogP contribution >= 0.6 is 15.6 Å². The van der Waals surface area contributed by atoms with E-state index in [0.717, 1.165) is 102 Å². The molecule has 0 bridgehead atoms. The number of aliphatic hydroxyl groups is 1. The second-order valence-corrected chi connectivity index (χ2v) is 31.6. The second-order valence-electron chi connectivity index (χ2n) is 28.7. The third-order valence-electron chi connectivity index (χ3n) is 18.0. The number of hydrogen-bond donors (Lipinski definition) is 3. The first-order valence-electron chi connectivity index (χ1n) is 40.0. The summed E-state index contributed by atoms with van der Waals surface area (Å²) in [5.74, 6) is -0.617. The van der Waals surface area contributed by atoms with Crippen LogP contribution < -0.4 is 0 Å². The lowest BCUT2D eigenvalue weighted by Gasteiger charge is -2.21. The van der Waals surface area contributed by atoms with Crippen LogP contribution in [-0.4, -0.2) is 96.7 Å². The van der Waals surface area contributed by atoms with Crippen molar-refractivity contribution in [3.05, 3.63) is 0 Å². The van der Waals surface area contributed by atoms with E-state index in [1.54, 1.807) is 0 Å². The maximum Gasteiger partial charge on any atom is 0.472 e. The van der Waals surface area contributed by atoms with Crippen LogP contribution in [0, 0.1) is 11.8 Å². The molecule has 0 amide bonds. The van der Waals surface area contributed by atoms with Gasteiger partial charge < -0.3 is 33.8 Å². The Morgan fingerprint density at radius 2 is 0.479 bits per heavy atom. The molecule has 0 aromatic heterocycles. The molecular weight excluding hydrogens is 1260 g/mol. The third kappa shape index (κ3) is 70.5. The zero-order chi connectivity index (χ0) is 70.7. The summed E-state index contributed by atoms with van der Waals surface area (Å²) in [4.78, 5) is 72.9. The predicted molar refractivity (Wildman–Crippen MR) is 391 cm³/mol. The number of carbonyl (C=O) groups excluding carboxylic acids is 4. The molecule has 2 unspecified atom stereocenters. The number of phosphoric ester groups is 2. The Labute approximate surface area is 588 Å². The number of rotatable bonds is 76. The van der Waals surface area contributed by atoms with Gasteiger partial charge in [-0.3, -0.25) is 37.3 Å². The molecule has 0 aromatic rings. The van der Waals surface area contributed by atoms with Crippen molar-refractivity contribution in [1.29, 1.82) is 0 Å². The van der Waals surface area contributed by atoms with Gasteiger partial charge in [-0.2, -0.15) is 0 Å². The van der Waals surface area contributed by atoms with E-state index >= 15 is 0 Å². The van der Waals surface area contributed by atoms with Gasteiger partial charge in [0.05, 0.1) is 26.4 Å². The van der Waals surface area contributed by atoms with Crippen LogP contribution in [0.25, 0.3) is 0 Å². The standard InChI is InChI=1S/C77H150O17P2/c1-7-9-11-13-15-17-19-21-23-25-27-29-36-43-49-55-61-76(81)93-72(65-87-74(79)59-53-47-41-35-28-26-24-22-20-18-16-14-12-10-8-2)67-91-95(83,84)89-63-71(78)64-90-96(85,86)92-68-73(66-88-75(80)60-54-48-42-38-32-34-40-46-52-58-70(5)6)94-77(82)62-56-50-44-37-31-30-33-39-45-51-57-69(3)4/h69-73,78H,7-68H2,1-6H3,(H,83,84)(H,85,86)/t71-,72-,73-/m1/s1.